The number of hydrogen-bond acceptors (Lipinski definition) is 2. The number of rotatable bonds is 3. The summed E-state index contributed by atoms with van der Waals surface area (Å²) in [5.41, 5.74) is 5.36. The van der Waals surface area contributed by atoms with Gasteiger partial charge in [-0.3, -0.25) is 5.10 Å². The van der Waals surface area contributed by atoms with Gasteiger partial charge in [0.2, 0.25) is 0 Å². The van der Waals surface area contributed by atoms with E-state index < -0.39 is 0 Å². The van der Waals surface area contributed by atoms with Gasteiger partial charge in [0.05, 0.1) is 6.04 Å². The van der Waals surface area contributed by atoms with Crippen molar-refractivity contribution in [2.45, 2.75) is 57.4 Å². The Labute approximate surface area is 155 Å². The monoisotopic (exact) mass is 352 g/mol. The molecule has 2 amide bonds. The van der Waals surface area contributed by atoms with Crippen LogP contribution in [0.5, 0.6) is 0 Å². The van der Waals surface area contributed by atoms with Crippen LogP contribution in [0.3, 0.4) is 0 Å². The molecule has 1 aliphatic heterocycles. The van der Waals surface area contributed by atoms with Gasteiger partial charge in [0.15, 0.2) is 0 Å². The molecule has 0 radical (unpaired) electrons. The average molecular weight is 352 g/mol. The SMILES string of the molecule is C[C@H](NC(=O)N1CCC(c2ccn[nH]2)CC1)c1ccc2c(c1)CCCC2. The van der Waals surface area contributed by atoms with Crippen LogP contribution in [0.2, 0.25) is 0 Å². The summed E-state index contributed by atoms with van der Waals surface area (Å²) in [5.74, 6) is 0.486. The first-order chi connectivity index (χ1) is 12.7. The molecule has 0 spiro atoms. The third-order valence-corrected chi connectivity index (χ3v) is 5.96. The van der Waals surface area contributed by atoms with Gasteiger partial charge in [-0.25, -0.2) is 4.79 Å². The van der Waals surface area contributed by atoms with Crippen LogP contribution < -0.4 is 5.32 Å². The summed E-state index contributed by atoms with van der Waals surface area (Å²) in [7, 11) is 0. The first kappa shape index (κ1) is 17.1. The van der Waals surface area contributed by atoms with Crippen molar-refractivity contribution in [3.8, 4) is 0 Å². The highest BCUT2D eigenvalue weighted by Gasteiger charge is 2.25. The third kappa shape index (κ3) is 3.62. The molecule has 1 atom stereocenters. The van der Waals surface area contributed by atoms with Crippen LogP contribution in [0, 0.1) is 0 Å². The Morgan fingerprint density at radius 3 is 2.69 bits per heavy atom. The number of nitrogens with zero attached hydrogens (tertiary/aromatic N) is 2. The van der Waals surface area contributed by atoms with Crippen molar-refractivity contribution in [2.24, 2.45) is 0 Å². The van der Waals surface area contributed by atoms with Crippen LogP contribution >= 0.6 is 0 Å². The topological polar surface area (TPSA) is 61.0 Å². The number of carbonyl (C=O) groups excluding carboxylic acids is 1. The van der Waals surface area contributed by atoms with E-state index in [4.69, 9.17) is 0 Å². The van der Waals surface area contributed by atoms with Crippen molar-refractivity contribution in [3.63, 3.8) is 0 Å². The van der Waals surface area contributed by atoms with Crippen molar-refractivity contribution in [3.05, 3.63) is 52.8 Å². The van der Waals surface area contributed by atoms with Crippen LogP contribution in [0.1, 0.15) is 67.0 Å². The smallest absolute Gasteiger partial charge is 0.317 e. The Morgan fingerprint density at radius 2 is 1.96 bits per heavy atom. The largest absolute Gasteiger partial charge is 0.331 e. The number of benzene rings is 1. The number of fused-ring (bicyclic) bond motifs is 1. The van der Waals surface area contributed by atoms with Crippen LogP contribution in [0.15, 0.2) is 30.5 Å². The van der Waals surface area contributed by atoms with Crippen molar-refractivity contribution in [1.29, 1.82) is 0 Å². The lowest BCUT2D eigenvalue weighted by molar-refractivity contribution is 0.178. The normalized spacial score (nSPS) is 19.0. The third-order valence-electron chi connectivity index (χ3n) is 5.96. The van der Waals surface area contributed by atoms with E-state index >= 15 is 0 Å². The summed E-state index contributed by atoms with van der Waals surface area (Å²) in [6.45, 7) is 3.68. The zero-order valence-electron chi connectivity index (χ0n) is 15.5. The van der Waals surface area contributed by atoms with Crippen molar-refractivity contribution in [2.75, 3.05) is 13.1 Å². The molecule has 1 aromatic carbocycles. The van der Waals surface area contributed by atoms with Gasteiger partial charge in [0, 0.05) is 30.9 Å². The Hall–Kier alpha value is -2.30. The summed E-state index contributed by atoms with van der Waals surface area (Å²) in [6, 6.07) is 8.86. The molecule has 5 nitrogen and oxygen atoms in total. The molecule has 0 unspecified atom stereocenters. The van der Waals surface area contributed by atoms with Crippen molar-refractivity contribution >= 4 is 6.03 Å². The lowest BCUT2D eigenvalue weighted by Crippen LogP contribution is -2.44. The minimum atomic E-state index is 0.0417. The highest BCUT2D eigenvalue weighted by atomic mass is 16.2. The molecule has 2 N–H and O–H groups in total. The summed E-state index contributed by atoms with van der Waals surface area (Å²) in [4.78, 5) is 14.6. The van der Waals surface area contributed by atoms with Crippen molar-refractivity contribution < 1.29 is 4.79 Å². The van der Waals surface area contributed by atoms with Gasteiger partial charge in [-0.05, 0) is 68.2 Å². The molecular formula is C21H28N4O. The molecule has 2 heterocycles. The van der Waals surface area contributed by atoms with E-state index in [1.54, 1.807) is 6.20 Å². The molecule has 1 aromatic heterocycles. The molecule has 1 fully saturated rings. The summed E-state index contributed by atoms with van der Waals surface area (Å²) < 4.78 is 0. The van der Waals surface area contributed by atoms with Crippen LogP contribution in [-0.2, 0) is 12.8 Å². The van der Waals surface area contributed by atoms with Gasteiger partial charge in [-0.1, -0.05) is 18.2 Å². The lowest BCUT2D eigenvalue weighted by Gasteiger charge is -2.32. The number of H-pyrrole nitrogens is 1. The minimum absolute atomic E-state index is 0.0417. The maximum absolute atomic E-state index is 12.7. The van der Waals surface area contributed by atoms with Gasteiger partial charge in [-0.2, -0.15) is 5.10 Å². The van der Waals surface area contributed by atoms with E-state index in [1.165, 1.54) is 48.1 Å². The zero-order chi connectivity index (χ0) is 17.9. The second-order valence-corrected chi connectivity index (χ2v) is 7.68. The van der Waals surface area contributed by atoms with Gasteiger partial charge in [-0.15, -0.1) is 0 Å². The van der Waals surface area contributed by atoms with E-state index in [0.717, 1.165) is 25.9 Å². The molecule has 138 valence electrons. The molecule has 1 aliphatic carbocycles. The average Bonchev–Trinajstić information content (AvgIpc) is 3.22. The predicted octanol–water partition coefficient (Wildman–Crippen LogP) is 3.94. The van der Waals surface area contributed by atoms with Gasteiger partial charge in [0.25, 0.3) is 0 Å². The second kappa shape index (κ2) is 7.52. The maximum atomic E-state index is 12.7. The number of hydrogen-bond donors (Lipinski definition) is 2. The fraction of sp³-hybridized carbons (Fsp3) is 0.524. The maximum Gasteiger partial charge on any atom is 0.317 e. The predicted molar refractivity (Wildman–Crippen MR) is 102 cm³/mol. The van der Waals surface area contributed by atoms with Gasteiger partial charge < -0.3 is 10.2 Å². The molecule has 4 rings (SSSR count). The van der Waals surface area contributed by atoms with E-state index in [2.05, 4.69) is 40.6 Å². The Balaban J connectivity index is 1.33. The molecular weight excluding hydrogens is 324 g/mol. The first-order valence-electron chi connectivity index (χ1n) is 9.87. The number of aryl methyl sites for hydroxylation is 2. The molecule has 2 aromatic rings. The second-order valence-electron chi connectivity index (χ2n) is 7.68. The Bertz CT molecular complexity index is 747. The molecule has 0 saturated carbocycles. The first-order valence-corrected chi connectivity index (χ1v) is 9.87. The molecule has 2 aliphatic rings. The van der Waals surface area contributed by atoms with E-state index in [1.807, 2.05) is 11.0 Å². The quantitative estimate of drug-likeness (QED) is 0.879. The van der Waals surface area contributed by atoms with Crippen LogP contribution in [-0.4, -0.2) is 34.2 Å². The van der Waals surface area contributed by atoms with E-state index in [9.17, 15) is 4.79 Å². The molecule has 1 saturated heterocycles. The highest BCUT2D eigenvalue weighted by Crippen LogP contribution is 2.27. The zero-order valence-corrected chi connectivity index (χ0v) is 15.5. The minimum Gasteiger partial charge on any atom is -0.331 e. The number of carbonyl (C=O) groups is 1. The highest BCUT2D eigenvalue weighted by molar-refractivity contribution is 5.74. The summed E-state index contributed by atoms with van der Waals surface area (Å²) in [6.07, 6.45) is 8.72. The Morgan fingerprint density at radius 1 is 1.19 bits per heavy atom. The van der Waals surface area contributed by atoms with Crippen LogP contribution in [0.4, 0.5) is 4.79 Å². The van der Waals surface area contributed by atoms with Gasteiger partial charge in [0.1, 0.15) is 0 Å². The fourth-order valence-electron chi connectivity index (χ4n) is 4.27. The van der Waals surface area contributed by atoms with Crippen molar-refractivity contribution in [1.82, 2.24) is 20.4 Å². The fourth-order valence-corrected chi connectivity index (χ4v) is 4.27. The number of aromatic amines is 1. The number of nitrogens with one attached hydrogen (secondary N) is 2. The number of piperidine rings is 1. The number of amides is 2. The molecule has 5 heteroatoms. The lowest BCUT2D eigenvalue weighted by atomic mass is 9.89. The van der Waals surface area contributed by atoms with E-state index in [-0.39, 0.29) is 12.1 Å². The van der Waals surface area contributed by atoms with Gasteiger partial charge >= 0.3 is 6.03 Å². The number of likely N-dealkylation sites (tertiary alicyclic amines) is 1. The summed E-state index contributed by atoms with van der Waals surface area (Å²) in [5, 5.41) is 10.3. The molecule has 26 heavy (non-hydrogen) atoms. The number of aromatic nitrogens is 2. The number of urea groups is 1. The molecule has 0 bridgehead atoms. The Kier molecular flexibility index (Phi) is 4.96. The van der Waals surface area contributed by atoms with E-state index in [0.29, 0.717) is 5.92 Å². The summed E-state index contributed by atoms with van der Waals surface area (Å²) >= 11 is 0. The standard InChI is InChI=1S/C21H28N4O/c1-15(18-7-6-16-4-2-3-5-19(16)14-18)23-21(26)25-12-9-17(10-13-25)20-8-11-22-24-20/h6-8,11,14-15,17H,2-5,9-10,12-13H2,1H3,(H,22,24)(H,23,26)/t15-/m0/s1. The van der Waals surface area contributed by atoms with Crippen LogP contribution in [0.25, 0.3) is 0 Å².